The van der Waals surface area contributed by atoms with Crippen LogP contribution in [0.5, 0.6) is 5.75 Å². The molecule has 0 bridgehead atoms. The third-order valence-electron chi connectivity index (χ3n) is 1.83. The predicted octanol–water partition coefficient (Wildman–Crippen LogP) is 3.44. The number of phenolic OH excluding ortho intramolecular Hbond substituents is 1. The molecule has 0 saturated carbocycles. The zero-order chi connectivity index (χ0) is 10.1. The smallest absolute Gasteiger partial charge is 0.142 e. The van der Waals surface area contributed by atoms with Crippen molar-refractivity contribution in [3.63, 3.8) is 0 Å². The average molecular weight is 213 g/mol. The van der Waals surface area contributed by atoms with Crippen LogP contribution in [0.2, 0.25) is 5.02 Å². The Morgan fingerprint density at radius 1 is 1.36 bits per heavy atom. The minimum atomic E-state index is -0.587. The number of hydrogen-bond donors (Lipinski definition) is 1. The zero-order valence-corrected chi connectivity index (χ0v) is 7.75. The lowest BCUT2D eigenvalue weighted by molar-refractivity contribution is 0.471. The number of benzene rings is 1. The quantitative estimate of drug-likeness (QED) is 0.786. The Hall–Kier alpha value is -1.48. The Bertz CT molecular complexity index is 451. The van der Waals surface area contributed by atoms with Crippen LogP contribution in [0.3, 0.4) is 0 Å². The molecule has 0 spiro atoms. The first-order valence-electron chi connectivity index (χ1n) is 3.90. The number of halogens is 2. The van der Waals surface area contributed by atoms with Crippen molar-refractivity contribution < 1.29 is 13.9 Å². The predicted molar refractivity (Wildman–Crippen MR) is 50.8 cm³/mol. The van der Waals surface area contributed by atoms with Crippen molar-refractivity contribution in [1.82, 2.24) is 0 Å². The molecule has 0 aliphatic rings. The van der Waals surface area contributed by atoms with Crippen LogP contribution in [-0.4, -0.2) is 5.11 Å². The van der Waals surface area contributed by atoms with Crippen LogP contribution >= 0.6 is 11.6 Å². The maximum Gasteiger partial charge on any atom is 0.142 e. The van der Waals surface area contributed by atoms with Gasteiger partial charge in [-0.15, -0.1) is 0 Å². The molecular weight excluding hydrogens is 207 g/mol. The Labute approximate surface area is 84.5 Å². The Kier molecular flexibility index (Phi) is 2.17. The van der Waals surface area contributed by atoms with Crippen LogP contribution < -0.4 is 0 Å². The van der Waals surface area contributed by atoms with Crippen molar-refractivity contribution >= 4 is 11.6 Å². The lowest BCUT2D eigenvalue weighted by Crippen LogP contribution is -1.81. The van der Waals surface area contributed by atoms with E-state index in [1.165, 1.54) is 6.26 Å². The maximum atomic E-state index is 13.1. The fourth-order valence-electron chi connectivity index (χ4n) is 1.17. The Balaban J connectivity index is 2.60. The molecule has 0 aliphatic heterocycles. The largest absolute Gasteiger partial charge is 0.507 e. The first kappa shape index (κ1) is 9.09. The van der Waals surface area contributed by atoms with E-state index in [1.807, 2.05) is 0 Å². The zero-order valence-electron chi connectivity index (χ0n) is 7.00. The van der Waals surface area contributed by atoms with Gasteiger partial charge in [0.15, 0.2) is 0 Å². The van der Waals surface area contributed by atoms with E-state index < -0.39 is 5.82 Å². The summed E-state index contributed by atoms with van der Waals surface area (Å²) >= 11 is 5.48. The summed E-state index contributed by atoms with van der Waals surface area (Å²) in [6.07, 6.45) is 1.45. The van der Waals surface area contributed by atoms with E-state index in [9.17, 15) is 9.50 Å². The van der Waals surface area contributed by atoms with Gasteiger partial charge in [0.2, 0.25) is 0 Å². The lowest BCUT2D eigenvalue weighted by atomic mass is 10.1. The second kappa shape index (κ2) is 3.35. The topological polar surface area (TPSA) is 33.4 Å². The van der Waals surface area contributed by atoms with Crippen molar-refractivity contribution in [2.24, 2.45) is 0 Å². The number of hydrogen-bond acceptors (Lipinski definition) is 2. The summed E-state index contributed by atoms with van der Waals surface area (Å²) in [7, 11) is 0. The van der Waals surface area contributed by atoms with Gasteiger partial charge in [0.1, 0.15) is 17.3 Å². The number of aromatic hydroxyl groups is 1. The Morgan fingerprint density at radius 2 is 2.14 bits per heavy atom. The molecule has 14 heavy (non-hydrogen) atoms. The van der Waals surface area contributed by atoms with Crippen LogP contribution in [0.25, 0.3) is 11.3 Å². The summed E-state index contributed by atoms with van der Waals surface area (Å²) < 4.78 is 18.1. The van der Waals surface area contributed by atoms with Crippen LogP contribution in [0.15, 0.2) is 34.9 Å². The Morgan fingerprint density at radius 3 is 2.79 bits per heavy atom. The summed E-state index contributed by atoms with van der Waals surface area (Å²) in [5.74, 6) is -0.291. The van der Waals surface area contributed by atoms with Crippen molar-refractivity contribution in [3.05, 3.63) is 41.4 Å². The molecule has 0 aliphatic carbocycles. The minimum absolute atomic E-state index is 0.105. The van der Waals surface area contributed by atoms with E-state index in [0.29, 0.717) is 5.76 Å². The SMILES string of the molecule is Oc1cc(Cl)c(F)cc1-c1ccco1. The van der Waals surface area contributed by atoms with Gasteiger partial charge in [-0.05, 0) is 18.2 Å². The molecule has 1 aromatic heterocycles. The molecular formula is C10H6ClFO2. The monoisotopic (exact) mass is 212 g/mol. The van der Waals surface area contributed by atoms with E-state index in [2.05, 4.69) is 0 Å². The normalized spacial score (nSPS) is 10.4. The number of rotatable bonds is 1. The summed E-state index contributed by atoms with van der Waals surface area (Å²) in [6, 6.07) is 5.56. The van der Waals surface area contributed by atoms with Crippen molar-refractivity contribution in [2.75, 3.05) is 0 Å². The summed E-state index contributed by atoms with van der Waals surface area (Å²) in [4.78, 5) is 0. The van der Waals surface area contributed by atoms with Gasteiger partial charge in [0.25, 0.3) is 0 Å². The van der Waals surface area contributed by atoms with E-state index >= 15 is 0 Å². The van der Waals surface area contributed by atoms with Gasteiger partial charge in [0, 0.05) is 6.07 Å². The van der Waals surface area contributed by atoms with Gasteiger partial charge in [0.05, 0.1) is 16.8 Å². The first-order chi connectivity index (χ1) is 6.68. The lowest BCUT2D eigenvalue weighted by Gasteiger charge is -2.02. The molecule has 1 N–H and O–H groups in total. The van der Waals surface area contributed by atoms with Crippen LogP contribution in [0.4, 0.5) is 4.39 Å². The third kappa shape index (κ3) is 1.46. The van der Waals surface area contributed by atoms with E-state index in [1.54, 1.807) is 12.1 Å². The molecule has 0 unspecified atom stereocenters. The van der Waals surface area contributed by atoms with Crippen molar-refractivity contribution in [1.29, 1.82) is 0 Å². The first-order valence-corrected chi connectivity index (χ1v) is 4.28. The van der Waals surface area contributed by atoms with E-state index in [4.69, 9.17) is 16.0 Å². The highest BCUT2D eigenvalue weighted by molar-refractivity contribution is 6.31. The molecule has 0 amide bonds. The fourth-order valence-corrected chi connectivity index (χ4v) is 1.32. The molecule has 0 fully saturated rings. The standard InChI is InChI=1S/C10H6ClFO2/c11-7-5-9(13)6(4-8(7)12)10-2-1-3-14-10/h1-5,13H. The minimum Gasteiger partial charge on any atom is -0.507 e. The molecule has 0 atom stereocenters. The van der Waals surface area contributed by atoms with E-state index in [-0.39, 0.29) is 16.3 Å². The van der Waals surface area contributed by atoms with Gasteiger partial charge >= 0.3 is 0 Å². The van der Waals surface area contributed by atoms with Gasteiger partial charge in [-0.2, -0.15) is 0 Å². The molecule has 1 heterocycles. The van der Waals surface area contributed by atoms with Gasteiger partial charge in [-0.25, -0.2) is 4.39 Å². The summed E-state index contributed by atoms with van der Waals surface area (Å²) in [5.41, 5.74) is 0.289. The highest BCUT2D eigenvalue weighted by Crippen LogP contribution is 2.33. The van der Waals surface area contributed by atoms with Gasteiger partial charge in [-0.3, -0.25) is 0 Å². The average Bonchev–Trinajstić information content (AvgIpc) is 2.64. The molecule has 4 heteroatoms. The highest BCUT2D eigenvalue weighted by Gasteiger charge is 2.11. The van der Waals surface area contributed by atoms with Crippen LogP contribution in [0.1, 0.15) is 0 Å². The second-order valence-corrected chi connectivity index (χ2v) is 3.17. The fraction of sp³-hybridized carbons (Fsp3) is 0. The molecule has 72 valence electrons. The third-order valence-corrected chi connectivity index (χ3v) is 2.11. The molecule has 0 saturated heterocycles. The maximum absolute atomic E-state index is 13.1. The number of phenols is 1. The summed E-state index contributed by atoms with van der Waals surface area (Å²) in [5, 5.41) is 9.36. The van der Waals surface area contributed by atoms with Gasteiger partial charge < -0.3 is 9.52 Å². The molecule has 2 nitrogen and oxygen atoms in total. The van der Waals surface area contributed by atoms with E-state index in [0.717, 1.165) is 12.1 Å². The van der Waals surface area contributed by atoms with Crippen molar-refractivity contribution in [2.45, 2.75) is 0 Å². The van der Waals surface area contributed by atoms with Crippen LogP contribution in [-0.2, 0) is 0 Å². The molecule has 0 radical (unpaired) electrons. The van der Waals surface area contributed by atoms with Crippen LogP contribution in [0, 0.1) is 5.82 Å². The molecule has 2 aromatic rings. The molecule has 1 aromatic carbocycles. The number of furan rings is 1. The summed E-state index contributed by atoms with van der Waals surface area (Å²) in [6.45, 7) is 0. The highest BCUT2D eigenvalue weighted by atomic mass is 35.5. The molecule has 2 rings (SSSR count). The second-order valence-electron chi connectivity index (χ2n) is 2.76. The van der Waals surface area contributed by atoms with Gasteiger partial charge in [-0.1, -0.05) is 11.6 Å². The van der Waals surface area contributed by atoms with Crippen molar-refractivity contribution in [3.8, 4) is 17.1 Å².